The van der Waals surface area contributed by atoms with E-state index >= 15 is 0 Å². The van der Waals surface area contributed by atoms with Crippen LogP contribution in [-0.4, -0.2) is 36.5 Å². The fourth-order valence-corrected chi connectivity index (χ4v) is 1.60. The van der Waals surface area contributed by atoms with Gasteiger partial charge >= 0.3 is 6.09 Å². The summed E-state index contributed by atoms with van der Waals surface area (Å²) in [6.07, 6.45) is -0.428. The molecule has 1 heterocycles. The Hall–Kier alpha value is -1.55. The number of rotatable bonds is 3. The van der Waals surface area contributed by atoms with E-state index in [4.69, 9.17) is 16.3 Å². The highest BCUT2D eigenvalue weighted by atomic mass is 35.5. The van der Waals surface area contributed by atoms with Gasteiger partial charge in [-0.25, -0.2) is 4.79 Å². The van der Waals surface area contributed by atoms with Gasteiger partial charge < -0.3 is 4.74 Å². The molecule has 0 atom stereocenters. The maximum atomic E-state index is 11.8. The SMILES string of the molecule is O=C(CN1CCOC1=O)c1ccc(Cl)cc1. The average Bonchev–Trinajstić information content (AvgIpc) is 2.65. The van der Waals surface area contributed by atoms with Crippen LogP contribution in [0.4, 0.5) is 4.79 Å². The number of cyclic esters (lactones) is 1. The van der Waals surface area contributed by atoms with E-state index < -0.39 is 6.09 Å². The average molecular weight is 240 g/mol. The summed E-state index contributed by atoms with van der Waals surface area (Å²) >= 11 is 5.71. The lowest BCUT2D eigenvalue weighted by molar-refractivity contribution is 0.0943. The summed E-state index contributed by atoms with van der Waals surface area (Å²) in [5.41, 5.74) is 0.545. The predicted octanol–water partition coefficient (Wildman–Crippen LogP) is 1.97. The van der Waals surface area contributed by atoms with Crippen molar-refractivity contribution in [2.24, 2.45) is 0 Å². The summed E-state index contributed by atoms with van der Waals surface area (Å²) in [6, 6.07) is 6.59. The quantitative estimate of drug-likeness (QED) is 0.758. The van der Waals surface area contributed by atoms with Crippen LogP contribution in [0.2, 0.25) is 5.02 Å². The highest BCUT2D eigenvalue weighted by molar-refractivity contribution is 6.30. The number of ether oxygens (including phenoxy) is 1. The first-order valence-corrected chi connectivity index (χ1v) is 5.25. The van der Waals surface area contributed by atoms with Gasteiger partial charge in [0.2, 0.25) is 0 Å². The minimum atomic E-state index is -0.428. The fourth-order valence-electron chi connectivity index (χ4n) is 1.47. The second-order valence-electron chi connectivity index (χ2n) is 3.47. The molecular formula is C11H10ClNO3. The molecule has 0 bridgehead atoms. The van der Waals surface area contributed by atoms with E-state index in [9.17, 15) is 9.59 Å². The lowest BCUT2D eigenvalue weighted by Crippen LogP contribution is -2.30. The van der Waals surface area contributed by atoms with E-state index in [1.165, 1.54) is 4.90 Å². The highest BCUT2D eigenvalue weighted by Crippen LogP contribution is 2.11. The van der Waals surface area contributed by atoms with Crippen molar-refractivity contribution < 1.29 is 14.3 Å². The second-order valence-corrected chi connectivity index (χ2v) is 3.90. The smallest absolute Gasteiger partial charge is 0.410 e. The number of hydrogen-bond donors (Lipinski definition) is 0. The Morgan fingerprint density at radius 3 is 2.62 bits per heavy atom. The maximum absolute atomic E-state index is 11.8. The molecule has 0 aliphatic carbocycles. The largest absolute Gasteiger partial charge is 0.448 e. The minimum Gasteiger partial charge on any atom is -0.448 e. The first-order valence-electron chi connectivity index (χ1n) is 4.87. The molecular weight excluding hydrogens is 230 g/mol. The molecule has 1 aliphatic rings. The van der Waals surface area contributed by atoms with Gasteiger partial charge in [0.05, 0.1) is 13.1 Å². The third-order valence-electron chi connectivity index (χ3n) is 2.35. The van der Waals surface area contributed by atoms with Gasteiger partial charge in [-0.05, 0) is 24.3 Å². The van der Waals surface area contributed by atoms with Crippen molar-refractivity contribution in [3.05, 3.63) is 34.9 Å². The van der Waals surface area contributed by atoms with Crippen LogP contribution in [0.25, 0.3) is 0 Å². The topological polar surface area (TPSA) is 46.6 Å². The van der Waals surface area contributed by atoms with Crippen LogP contribution in [0.1, 0.15) is 10.4 Å². The molecule has 0 aromatic heterocycles. The molecule has 0 radical (unpaired) electrons. The van der Waals surface area contributed by atoms with E-state index in [2.05, 4.69) is 0 Å². The van der Waals surface area contributed by atoms with Crippen LogP contribution in [0.3, 0.4) is 0 Å². The van der Waals surface area contributed by atoms with Crippen LogP contribution in [0.15, 0.2) is 24.3 Å². The number of nitrogens with zero attached hydrogens (tertiary/aromatic N) is 1. The van der Waals surface area contributed by atoms with E-state index in [0.717, 1.165) is 0 Å². The molecule has 5 heteroatoms. The first kappa shape index (κ1) is 11.0. The van der Waals surface area contributed by atoms with Crippen molar-refractivity contribution in [2.75, 3.05) is 19.7 Å². The van der Waals surface area contributed by atoms with Crippen LogP contribution in [0.5, 0.6) is 0 Å². The van der Waals surface area contributed by atoms with Crippen LogP contribution >= 0.6 is 11.6 Å². The Balaban J connectivity index is 2.02. The van der Waals surface area contributed by atoms with Gasteiger partial charge in [0, 0.05) is 10.6 Å². The molecule has 84 valence electrons. The molecule has 1 saturated heterocycles. The van der Waals surface area contributed by atoms with E-state index in [-0.39, 0.29) is 12.3 Å². The summed E-state index contributed by atoms with van der Waals surface area (Å²) in [6.45, 7) is 0.880. The summed E-state index contributed by atoms with van der Waals surface area (Å²) in [5, 5.41) is 0.581. The summed E-state index contributed by atoms with van der Waals surface area (Å²) in [7, 11) is 0. The number of Topliss-reactive ketones (excluding diaryl/α,β-unsaturated/α-hetero) is 1. The van der Waals surface area contributed by atoms with Gasteiger partial charge in [0.25, 0.3) is 0 Å². The second kappa shape index (κ2) is 4.53. The first-order chi connectivity index (χ1) is 7.66. The molecule has 0 N–H and O–H groups in total. The van der Waals surface area contributed by atoms with Gasteiger partial charge in [-0.15, -0.1) is 0 Å². The molecule has 0 spiro atoms. The monoisotopic (exact) mass is 239 g/mol. The van der Waals surface area contributed by atoms with Crippen LogP contribution < -0.4 is 0 Å². The van der Waals surface area contributed by atoms with E-state index in [1.54, 1.807) is 24.3 Å². The summed E-state index contributed by atoms with van der Waals surface area (Å²) < 4.78 is 4.73. The van der Waals surface area contributed by atoms with E-state index in [0.29, 0.717) is 23.7 Å². The zero-order chi connectivity index (χ0) is 11.5. The molecule has 4 nitrogen and oxygen atoms in total. The van der Waals surface area contributed by atoms with Crippen LogP contribution in [0, 0.1) is 0 Å². The predicted molar refractivity (Wildman–Crippen MR) is 58.7 cm³/mol. The van der Waals surface area contributed by atoms with Crippen LogP contribution in [-0.2, 0) is 4.74 Å². The number of carbonyl (C=O) groups is 2. The summed E-state index contributed by atoms with van der Waals surface area (Å²) in [4.78, 5) is 24.3. The van der Waals surface area contributed by atoms with Crippen molar-refractivity contribution in [2.45, 2.75) is 0 Å². The Labute approximate surface area is 97.7 Å². The molecule has 16 heavy (non-hydrogen) atoms. The number of halogens is 1. The Morgan fingerprint density at radius 2 is 2.06 bits per heavy atom. The zero-order valence-electron chi connectivity index (χ0n) is 8.48. The lowest BCUT2D eigenvalue weighted by Gasteiger charge is -2.10. The number of ketones is 1. The van der Waals surface area contributed by atoms with Gasteiger partial charge in [-0.1, -0.05) is 11.6 Å². The van der Waals surface area contributed by atoms with Gasteiger partial charge in [0.1, 0.15) is 6.61 Å². The standard InChI is InChI=1S/C11H10ClNO3/c12-9-3-1-8(2-4-9)10(14)7-13-5-6-16-11(13)15/h1-4H,5-7H2. The fraction of sp³-hybridized carbons (Fsp3) is 0.273. The van der Waals surface area contributed by atoms with Crippen molar-refractivity contribution >= 4 is 23.5 Å². The molecule has 1 aromatic rings. The van der Waals surface area contributed by atoms with Crippen molar-refractivity contribution in [1.29, 1.82) is 0 Å². The van der Waals surface area contributed by atoms with Gasteiger partial charge in [-0.2, -0.15) is 0 Å². The lowest BCUT2D eigenvalue weighted by atomic mass is 10.1. The zero-order valence-corrected chi connectivity index (χ0v) is 9.24. The minimum absolute atomic E-state index is 0.0560. The molecule has 1 amide bonds. The molecule has 1 fully saturated rings. The van der Waals surface area contributed by atoms with E-state index in [1.807, 2.05) is 0 Å². The van der Waals surface area contributed by atoms with Crippen molar-refractivity contribution in [3.8, 4) is 0 Å². The van der Waals surface area contributed by atoms with Crippen molar-refractivity contribution in [3.63, 3.8) is 0 Å². The number of benzene rings is 1. The molecule has 1 aliphatic heterocycles. The van der Waals surface area contributed by atoms with Gasteiger partial charge in [0.15, 0.2) is 5.78 Å². The third kappa shape index (κ3) is 2.33. The molecule has 0 saturated carbocycles. The Bertz CT molecular complexity index is 416. The maximum Gasteiger partial charge on any atom is 0.410 e. The Kier molecular flexibility index (Phi) is 3.10. The molecule has 0 unspecified atom stereocenters. The normalized spacial score (nSPS) is 15.1. The number of amides is 1. The summed E-state index contributed by atoms with van der Waals surface area (Å²) in [5.74, 6) is -0.115. The molecule has 2 rings (SSSR count). The Morgan fingerprint density at radius 1 is 1.38 bits per heavy atom. The number of hydrogen-bond acceptors (Lipinski definition) is 3. The molecule has 1 aromatic carbocycles. The number of carbonyl (C=O) groups excluding carboxylic acids is 2. The van der Waals surface area contributed by atoms with Gasteiger partial charge in [-0.3, -0.25) is 9.69 Å². The third-order valence-corrected chi connectivity index (χ3v) is 2.60. The highest BCUT2D eigenvalue weighted by Gasteiger charge is 2.24. The van der Waals surface area contributed by atoms with Crippen molar-refractivity contribution in [1.82, 2.24) is 4.90 Å².